The minimum absolute atomic E-state index is 0.00410. The van der Waals surface area contributed by atoms with E-state index in [0.717, 1.165) is 51.4 Å². The molecule has 3 aliphatic heterocycles. The zero-order valence-electron chi connectivity index (χ0n) is 26.1. The average Bonchev–Trinajstić information content (AvgIpc) is 2.79. The van der Waals surface area contributed by atoms with Crippen LogP contribution in [-0.4, -0.2) is 81.7 Å². The first-order valence-electron chi connectivity index (χ1n) is 15.3. The minimum Gasteiger partial charge on any atom is -0.462 e. The predicted octanol–water partition coefficient (Wildman–Crippen LogP) is 3.51. The Morgan fingerprint density at radius 2 is 1.07 bits per heavy atom. The zero-order chi connectivity index (χ0) is 29.3. The van der Waals surface area contributed by atoms with Gasteiger partial charge in [0.2, 0.25) is 0 Å². The molecule has 0 radical (unpaired) electrons. The molecule has 4 aliphatic rings. The number of hydrogen-bond donors (Lipinski definition) is 2. The molecular weight excluding hydrogens is 528 g/mol. The summed E-state index contributed by atoms with van der Waals surface area (Å²) in [5, 5.41) is 7.25. The fraction of sp³-hybridized carbons (Fsp3) is 0.933. The van der Waals surface area contributed by atoms with Gasteiger partial charge in [-0.2, -0.15) is 0 Å². The smallest absolute Gasteiger partial charge is 0.363 e. The third kappa shape index (κ3) is 9.23. The van der Waals surface area contributed by atoms with Crippen LogP contribution in [-0.2, 0) is 33.0 Å². The molecule has 0 aromatic heterocycles. The molecule has 1 saturated carbocycles. The molecule has 3 heterocycles. The Kier molecular flexibility index (Phi) is 9.79. The van der Waals surface area contributed by atoms with Crippen LogP contribution < -0.4 is 10.6 Å². The molecule has 3 saturated heterocycles. The molecule has 0 unspecified atom stereocenters. The van der Waals surface area contributed by atoms with E-state index in [0.29, 0.717) is 18.8 Å². The summed E-state index contributed by atoms with van der Waals surface area (Å²) in [5.41, 5.74) is 0.246. The largest absolute Gasteiger partial charge is 0.462 e. The van der Waals surface area contributed by atoms with Crippen molar-refractivity contribution in [2.45, 2.75) is 159 Å². The van der Waals surface area contributed by atoms with Crippen LogP contribution >= 0.6 is 0 Å². The second-order valence-corrected chi connectivity index (χ2v) is 17.2. The molecule has 0 spiro atoms. The van der Waals surface area contributed by atoms with Crippen molar-refractivity contribution in [1.82, 2.24) is 10.6 Å². The Hall–Kier alpha value is -1.04. The monoisotopic (exact) mass is 582 g/mol. The highest BCUT2D eigenvalue weighted by molar-refractivity contribution is 6.29. The van der Waals surface area contributed by atoms with Gasteiger partial charge in [-0.25, -0.2) is 4.79 Å². The summed E-state index contributed by atoms with van der Waals surface area (Å²) in [5.74, 6) is -0.477. The Balaban J connectivity index is 1.12. The number of rotatable bonds is 7. The van der Waals surface area contributed by atoms with E-state index >= 15 is 0 Å². The quantitative estimate of drug-likeness (QED) is 0.345. The lowest BCUT2D eigenvalue weighted by Gasteiger charge is -2.46. The second-order valence-electron chi connectivity index (χ2n) is 15.4. The number of ether oxygens (including phenoxy) is 4. The average molecular weight is 583 g/mol. The number of nitrogens with one attached hydrogen (secondary N) is 2. The van der Waals surface area contributed by atoms with Gasteiger partial charge >= 0.3 is 11.9 Å². The molecule has 0 atom stereocenters. The molecule has 0 aromatic rings. The first-order valence-corrected chi connectivity index (χ1v) is 16.7. The lowest BCUT2D eigenvalue weighted by Crippen LogP contribution is -2.60. The van der Waals surface area contributed by atoms with E-state index in [9.17, 15) is 9.59 Å². The molecule has 10 heteroatoms. The molecule has 9 nitrogen and oxygen atoms in total. The topological polar surface area (TPSA) is 104 Å². The number of carbonyl (C=O) groups is 2. The minimum atomic E-state index is -0.986. The van der Waals surface area contributed by atoms with Crippen LogP contribution in [0.15, 0.2) is 0 Å². The van der Waals surface area contributed by atoms with Crippen molar-refractivity contribution in [2.75, 3.05) is 13.2 Å². The summed E-state index contributed by atoms with van der Waals surface area (Å²) in [7, 11) is -0.808. The van der Waals surface area contributed by atoms with Crippen molar-refractivity contribution in [3.63, 3.8) is 0 Å². The molecule has 0 bridgehead atoms. The SMILES string of the molecule is CC1(C)CC(OC(=O)C2CCC([SiH2]OC3COC(C(=O)OC4CC(C)(C)NC(C)(C)C4)OC3)CC2)CC(C)(C)N1. The maximum Gasteiger partial charge on any atom is 0.363 e. The summed E-state index contributed by atoms with van der Waals surface area (Å²) in [4.78, 5) is 25.6. The third-order valence-electron chi connectivity index (χ3n) is 8.68. The van der Waals surface area contributed by atoms with Crippen molar-refractivity contribution in [2.24, 2.45) is 5.92 Å². The van der Waals surface area contributed by atoms with Crippen molar-refractivity contribution < 1.29 is 33.0 Å². The van der Waals surface area contributed by atoms with Crippen molar-refractivity contribution >= 4 is 21.7 Å². The third-order valence-corrected chi connectivity index (χ3v) is 10.6. The van der Waals surface area contributed by atoms with E-state index in [1.54, 1.807) is 0 Å². The molecule has 0 aromatic carbocycles. The fourth-order valence-corrected chi connectivity index (χ4v) is 9.20. The van der Waals surface area contributed by atoms with Gasteiger partial charge in [0.15, 0.2) is 9.76 Å². The van der Waals surface area contributed by atoms with E-state index in [4.69, 9.17) is 23.4 Å². The van der Waals surface area contributed by atoms with Gasteiger partial charge in [-0.1, -0.05) is 12.8 Å². The first-order chi connectivity index (χ1) is 18.5. The molecule has 1 aliphatic carbocycles. The van der Waals surface area contributed by atoms with Crippen LogP contribution in [0.3, 0.4) is 0 Å². The molecule has 4 fully saturated rings. The Morgan fingerprint density at radius 3 is 1.52 bits per heavy atom. The number of carbonyl (C=O) groups excluding carboxylic acids is 2. The Morgan fingerprint density at radius 1 is 0.650 bits per heavy atom. The second kappa shape index (κ2) is 12.3. The summed E-state index contributed by atoms with van der Waals surface area (Å²) in [6.07, 6.45) is 5.60. The maximum atomic E-state index is 12.9. The van der Waals surface area contributed by atoms with E-state index in [1.165, 1.54) is 0 Å². The van der Waals surface area contributed by atoms with Crippen LogP contribution in [0, 0.1) is 5.92 Å². The lowest BCUT2D eigenvalue weighted by atomic mass is 9.81. The van der Waals surface area contributed by atoms with Gasteiger partial charge in [0.25, 0.3) is 6.29 Å². The van der Waals surface area contributed by atoms with Crippen molar-refractivity contribution in [3.05, 3.63) is 0 Å². The Labute approximate surface area is 243 Å². The van der Waals surface area contributed by atoms with Crippen LogP contribution in [0.4, 0.5) is 0 Å². The van der Waals surface area contributed by atoms with Crippen molar-refractivity contribution in [3.8, 4) is 0 Å². The van der Waals surface area contributed by atoms with Gasteiger partial charge < -0.3 is 34.0 Å². The number of piperidine rings is 2. The standard InChI is InChI=1S/C30H54N2O7Si/c1-27(2)13-20(14-28(3,4)31-27)37-24(33)19-9-11-23(12-10-19)40-39-22-17-35-26(36-18-22)25(34)38-21-15-29(5,6)32-30(7,8)16-21/h19-23,26,31-32H,9-18,40H2,1-8H3. The summed E-state index contributed by atoms with van der Waals surface area (Å²) in [6, 6.07) is 0. The van der Waals surface area contributed by atoms with E-state index in [1.807, 2.05) is 0 Å². The predicted molar refractivity (Wildman–Crippen MR) is 156 cm³/mol. The first kappa shape index (κ1) is 31.9. The van der Waals surface area contributed by atoms with Gasteiger partial charge in [-0.3, -0.25) is 4.79 Å². The van der Waals surface area contributed by atoms with Crippen LogP contribution in [0.25, 0.3) is 0 Å². The van der Waals surface area contributed by atoms with Gasteiger partial charge in [0.05, 0.1) is 25.2 Å². The highest BCUT2D eigenvalue weighted by Gasteiger charge is 2.42. The Bertz CT molecular complexity index is 788. The molecule has 2 N–H and O–H groups in total. The fourth-order valence-electron chi connectivity index (χ4n) is 7.66. The summed E-state index contributed by atoms with van der Waals surface area (Å²) in [6.45, 7) is 17.9. The summed E-state index contributed by atoms with van der Waals surface area (Å²) < 4.78 is 29.4. The van der Waals surface area contributed by atoms with E-state index in [-0.39, 0.29) is 52.4 Å². The highest BCUT2D eigenvalue weighted by Crippen LogP contribution is 2.36. The number of hydrogen-bond acceptors (Lipinski definition) is 9. The van der Waals surface area contributed by atoms with Crippen LogP contribution in [0.5, 0.6) is 0 Å². The van der Waals surface area contributed by atoms with E-state index in [2.05, 4.69) is 66.0 Å². The highest BCUT2D eigenvalue weighted by atomic mass is 28.2. The summed E-state index contributed by atoms with van der Waals surface area (Å²) >= 11 is 0. The molecule has 4 rings (SSSR count). The zero-order valence-corrected chi connectivity index (χ0v) is 27.5. The van der Waals surface area contributed by atoms with Gasteiger partial charge in [-0.05, 0) is 73.8 Å². The van der Waals surface area contributed by atoms with Crippen LogP contribution in [0.2, 0.25) is 5.54 Å². The van der Waals surface area contributed by atoms with Gasteiger partial charge in [-0.15, -0.1) is 0 Å². The van der Waals surface area contributed by atoms with Gasteiger partial charge in [0, 0.05) is 47.8 Å². The molecular formula is C30H54N2O7Si. The lowest BCUT2D eigenvalue weighted by molar-refractivity contribution is -0.232. The van der Waals surface area contributed by atoms with Gasteiger partial charge in [0.1, 0.15) is 12.2 Å². The molecule has 0 amide bonds. The van der Waals surface area contributed by atoms with Crippen LogP contribution in [0.1, 0.15) is 107 Å². The maximum absolute atomic E-state index is 12.9. The normalized spacial score (nSPS) is 34.4. The number of esters is 2. The van der Waals surface area contributed by atoms with E-state index < -0.39 is 22.0 Å². The molecule has 230 valence electrons. The van der Waals surface area contributed by atoms with Crippen molar-refractivity contribution in [1.29, 1.82) is 0 Å². The molecule has 40 heavy (non-hydrogen) atoms.